The summed E-state index contributed by atoms with van der Waals surface area (Å²) in [7, 11) is 0. The lowest BCUT2D eigenvalue weighted by atomic mass is 9.99. The minimum atomic E-state index is 0.165. The summed E-state index contributed by atoms with van der Waals surface area (Å²) < 4.78 is 5.39. The summed E-state index contributed by atoms with van der Waals surface area (Å²) in [5, 5.41) is 3.03. The molecule has 0 aromatic carbocycles. The molecule has 0 radical (unpaired) electrons. The van der Waals surface area contributed by atoms with Crippen molar-refractivity contribution in [2.45, 2.75) is 44.6 Å². The van der Waals surface area contributed by atoms with E-state index in [1.54, 1.807) is 0 Å². The first-order chi connectivity index (χ1) is 8.25. The van der Waals surface area contributed by atoms with E-state index in [0.717, 1.165) is 39.0 Å². The van der Waals surface area contributed by atoms with Crippen molar-refractivity contribution in [1.82, 2.24) is 5.32 Å². The molecule has 2 rings (SSSR count). The molecule has 0 spiro atoms. The van der Waals surface area contributed by atoms with Crippen LogP contribution >= 0.6 is 0 Å². The van der Waals surface area contributed by atoms with Crippen molar-refractivity contribution in [3.63, 3.8) is 0 Å². The van der Waals surface area contributed by atoms with Gasteiger partial charge in [-0.2, -0.15) is 0 Å². The number of rotatable bonds is 4. The highest BCUT2D eigenvalue weighted by Gasteiger charge is 2.26. The van der Waals surface area contributed by atoms with Crippen LogP contribution in [0.3, 0.4) is 0 Å². The van der Waals surface area contributed by atoms with Gasteiger partial charge in [0.25, 0.3) is 0 Å². The van der Waals surface area contributed by atoms with Crippen LogP contribution in [0.25, 0.3) is 0 Å². The number of hydrogen-bond acceptors (Lipinski definition) is 3. The molecule has 1 amide bonds. The molecule has 3 N–H and O–H groups in total. The van der Waals surface area contributed by atoms with Crippen LogP contribution < -0.4 is 11.1 Å². The van der Waals surface area contributed by atoms with E-state index < -0.39 is 0 Å². The molecule has 98 valence electrons. The normalized spacial score (nSPS) is 33.6. The summed E-state index contributed by atoms with van der Waals surface area (Å²) >= 11 is 0. The maximum atomic E-state index is 11.8. The summed E-state index contributed by atoms with van der Waals surface area (Å²) in [6, 6.07) is 0.235. The average molecular weight is 240 g/mol. The molecule has 2 fully saturated rings. The third-order valence-electron chi connectivity index (χ3n) is 4.01. The molecule has 1 aliphatic carbocycles. The van der Waals surface area contributed by atoms with Crippen molar-refractivity contribution in [3.8, 4) is 0 Å². The molecule has 4 nitrogen and oxygen atoms in total. The van der Waals surface area contributed by atoms with Gasteiger partial charge in [0.05, 0.1) is 6.61 Å². The van der Waals surface area contributed by atoms with E-state index >= 15 is 0 Å². The molecule has 1 aliphatic heterocycles. The molecule has 0 aromatic heterocycles. The van der Waals surface area contributed by atoms with Crippen LogP contribution in [0, 0.1) is 11.8 Å². The van der Waals surface area contributed by atoms with E-state index in [0.29, 0.717) is 18.3 Å². The van der Waals surface area contributed by atoms with Gasteiger partial charge in [0.2, 0.25) is 5.91 Å². The van der Waals surface area contributed by atoms with Gasteiger partial charge in [-0.1, -0.05) is 6.42 Å². The molecule has 1 heterocycles. The predicted octanol–water partition coefficient (Wildman–Crippen LogP) is 1.05. The lowest BCUT2D eigenvalue weighted by Gasteiger charge is -2.22. The second kappa shape index (κ2) is 6.36. The van der Waals surface area contributed by atoms with Crippen LogP contribution in [-0.4, -0.2) is 31.7 Å². The summed E-state index contributed by atoms with van der Waals surface area (Å²) in [5.74, 6) is 1.07. The van der Waals surface area contributed by atoms with Crippen molar-refractivity contribution in [3.05, 3.63) is 0 Å². The Labute approximate surface area is 103 Å². The van der Waals surface area contributed by atoms with Crippen molar-refractivity contribution in [2.75, 3.05) is 19.8 Å². The van der Waals surface area contributed by atoms with E-state index in [2.05, 4.69) is 5.32 Å². The summed E-state index contributed by atoms with van der Waals surface area (Å²) in [6.07, 6.45) is 6.26. The summed E-state index contributed by atoms with van der Waals surface area (Å²) in [4.78, 5) is 11.8. The first kappa shape index (κ1) is 12.8. The van der Waals surface area contributed by atoms with Gasteiger partial charge in [0.1, 0.15) is 0 Å². The number of hydrogen-bond donors (Lipinski definition) is 2. The summed E-state index contributed by atoms with van der Waals surface area (Å²) in [5.41, 5.74) is 5.97. The van der Waals surface area contributed by atoms with E-state index in [1.807, 2.05) is 0 Å². The molecular weight excluding hydrogens is 216 g/mol. The highest BCUT2D eigenvalue weighted by atomic mass is 16.5. The average Bonchev–Trinajstić information content (AvgIpc) is 2.74. The highest BCUT2D eigenvalue weighted by Crippen LogP contribution is 2.26. The third kappa shape index (κ3) is 3.96. The van der Waals surface area contributed by atoms with Gasteiger partial charge in [-0.3, -0.25) is 4.79 Å². The summed E-state index contributed by atoms with van der Waals surface area (Å²) in [6.45, 7) is 2.44. The van der Waals surface area contributed by atoms with Crippen molar-refractivity contribution < 1.29 is 9.53 Å². The largest absolute Gasteiger partial charge is 0.381 e. The molecule has 2 aliphatic rings. The monoisotopic (exact) mass is 240 g/mol. The zero-order valence-corrected chi connectivity index (χ0v) is 10.5. The van der Waals surface area contributed by atoms with Crippen LogP contribution in [0.1, 0.15) is 38.5 Å². The van der Waals surface area contributed by atoms with Crippen molar-refractivity contribution in [1.29, 1.82) is 0 Å². The second-order valence-corrected chi connectivity index (χ2v) is 5.45. The first-order valence-corrected chi connectivity index (χ1v) is 6.85. The molecule has 3 atom stereocenters. The fourth-order valence-corrected chi connectivity index (χ4v) is 2.86. The molecular formula is C13H24N2O2. The topological polar surface area (TPSA) is 64.4 Å². The number of ether oxygens (including phenoxy) is 1. The van der Waals surface area contributed by atoms with Gasteiger partial charge in [-0.05, 0) is 37.5 Å². The number of nitrogens with one attached hydrogen (secondary N) is 1. The minimum absolute atomic E-state index is 0.165. The Hall–Kier alpha value is -0.610. The molecule has 1 unspecified atom stereocenters. The number of carbonyl (C=O) groups excluding carboxylic acids is 1. The van der Waals surface area contributed by atoms with Gasteiger partial charge >= 0.3 is 0 Å². The van der Waals surface area contributed by atoms with Gasteiger partial charge in [-0.25, -0.2) is 0 Å². The molecule has 0 bridgehead atoms. The van der Waals surface area contributed by atoms with E-state index in [4.69, 9.17) is 10.5 Å². The Morgan fingerprint density at radius 2 is 2.18 bits per heavy atom. The van der Waals surface area contributed by atoms with E-state index in [1.165, 1.54) is 12.8 Å². The minimum Gasteiger partial charge on any atom is -0.381 e. The van der Waals surface area contributed by atoms with Crippen LogP contribution in [0.15, 0.2) is 0 Å². The van der Waals surface area contributed by atoms with Crippen molar-refractivity contribution in [2.24, 2.45) is 17.6 Å². The molecule has 1 saturated heterocycles. The fraction of sp³-hybridized carbons (Fsp3) is 0.923. The van der Waals surface area contributed by atoms with Gasteiger partial charge < -0.3 is 15.8 Å². The Balaban J connectivity index is 1.63. The maximum absolute atomic E-state index is 11.8. The Kier molecular flexibility index (Phi) is 4.80. The number of amides is 1. The second-order valence-electron chi connectivity index (χ2n) is 5.45. The fourth-order valence-electron chi connectivity index (χ4n) is 2.86. The lowest BCUT2D eigenvalue weighted by molar-refractivity contribution is -0.122. The zero-order valence-electron chi connectivity index (χ0n) is 10.5. The van der Waals surface area contributed by atoms with Crippen LogP contribution in [-0.2, 0) is 9.53 Å². The maximum Gasteiger partial charge on any atom is 0.220 e. The SMILES string of the molecule is N[C@@H]1CCC[C@H]1CC(=O)NCC1CCCOC1. The molecule has 0 aromatic rings. The Bertz CT molecular complexity index is 252. The van der Waals surface area contributed by atoms with E-state index in [-0.39, 0.29) is 11.9 Å². The molecule has 4 heteroatoms. The van der Waals surface area contributed by atoms with Gasteiger partial charge in [-0.15, -0.1) is 0 Å². The third-order valence-corrected chi connectivity index (χ3v) is 4.01. The zero-order chi connectivity index (χ0) is 12.1. The molecule has 1 saturated carbocycles. The Morgan fingerprint density at radius 3 is 2.82 bits per heavy atom. The van der Waals surface area contributed by atoms with Crippen LogP contribution in [0.5, 0.6) is 0 Å². The lowest BCUT2D eigenvalue weighted by Crippen LogP contribution is -2.36. The van der Waals surface area contributed by atoms with Crippen LogP contribution in [0.4, 0.5) is 0 Å². The predicted molar refractivity (Wildman–Crippen MR) is 66.5 cm³/mol. The van der Waals surface area contributed by atoms with Gasteiger partial charge in [0, 0.05) is 25.6 Å². The van der Waals surface area contributed by atoms with Crippen molar-refractivity contribution >= 4 is 5.91 Å². The number of nitrogens with two attached hydrogens (primary N) is 1. The highest BCUT2D eigenvalue weighted by molar-refractivity contribution is 5.76. The van der Waals surface area contributed by atoms with E-state index in [9.17, 15) is 4.79 Å². The Morgan fingerprint density at radius 1 is 1.29 bits per heavy atom. The quantitative estimate of drug-likeness (QED) is 0.772. The first-order valence-electron chi connectivity index (χ1n) is 6.85. The number of carbonyl (C=O) groups is 1. The standard InChI is InChI=1S/C13H24N2O2/c14-12-5-1-4-11(12)7-13(16)15-8-10-3-2-6-17-9-10/h10-12H,1-9,14H2,(H,15,16)/t10?,11-,12+/m0/s1. The molecule has 17 heavy (non-hydrogen) atoms. The van der Waals surface area contributed by atoms with Gasteiger partial charge in [0.15, 0.2) is 0 Å². The smallest absolute Gasteiger partial charge is 0.220 e. The van der Waals surface area contributed by atoms with Crippen LogP contribution in [0.2, 0.25) is 0 Å².